The molecule has 2 aromatic heterocycles. The Bertz CT molecular complexity index is 956. The highest BCUT2D eigenvalue weighted by molar-refractivity contribution is 7.80. The summed E-state index contributed by atoms with van der Waals surface area (Å²) in [6.45, 7) is 3.55. The molecule has 5 nitrogen and oxygen atoms in total. The van der Waals surface area contributed by atoms with Crippen LogP contribution in [-0.4, -0.2) is 28.4 Å². The van der Waals surface area contributed by atoms with Crippen LogP contribution in [0.2, 0.25) is 0 Å². The molecule has 0 spiro atoms. The van der Waals surface area contributed by atoms with E-state index >= 15 is 0 Å². The van der Waals surface area contributed by atoms with Crippen molar-refractivity contribution in [3.05, 3.63) is 83.9 Å². The third-order valence-electron chi connectivity index (χ3n) is 5.08. The molecule has 0 radical (unpaired) electrons. The highest BCUT2D eigenvalue weighted by atomic mass is 32.1. The number of nitrogens with one attached hydrogen (secondary N) is 1. The van der Waals surface area contributed by atoms with Gasteiger partial charge in [-0.1, -0.05) is 18.2 Å². The molecule has 1 fully saturated rings. The third-order valence-corrected chi connectivity index (χ3v) is 5.40. The first kappa shape index (κ1) is 18.7. The molecule has 3 heterocycles. The van der Waals surface area contributed by atoms with Gasteiger partial charge in [-0.2, -0.15) is 0 Å². The Kier molecular flexibility index (Phi) is 5.41. The van der Waals surface area contributed by atoms with Crippen LogP contribution in [0.1, 0.15) is 29.0 Å². The van der Waals surface area contributed by atoms with E-state index in [1.165, 1.54) is 11.3 Å². The van der Waals surface area contributed by atoms with Gasteiger partial charge in [0.15, 0.2) is 5.11 Å². The van der Waals surface area contributed by atoms with Crippen LogP contribution in [-0.2, 0) is 11.3 Å². The van der Waals surface area contributed by atoms with E-state index in [1.807, 2.05) is 18.3 Å². The zero-order chi connectivity index (χ0) is 19.5. The number of pyridine rings is 1. The van der Waals surface area contributed by atoms with E-state index in [0.29, 0.717) is 11.7 Å². The summed E-state index contributed by atoms with van der Waals surface area (Å²) in [5.41, 5.74) is 4.45. The molecule has 1 aliphatic heterocycles. The monoisotopic (exact) mass is 392 g/mol. The van der Waals surface area contributed by atoms with Crippen molar-refractivity contribution >= 4 is 23.0 Å². The fourth-order valence-electron chi connectivity index (χ4n) is 3.80. The molecule has 2 atom stereocenters. The van der Waals surface area contributed by atoms with Gasteiger partial charge >= 0.3 is 0 Å². The van der Waals surface area contributed by atoms with Crippen molar-refractivity contribution in [2.45, 2.75) is 25.6 Å². The summed E-state index contributed by atoms with van der Waals surface area (Å²) in [4.78, 5) is 6.82. The van der Waals surface area contributed by atoms with Gasteiger partial charge in [-0.05, 0) is 61.1 Å². The summed E-state index contributed by atoms with van der Waals surface area (Å²) in [7, 11) is 1.73. The first-order valence-electron chi connectivity index (χ1n) is 9.40. The van der Waals surface area contributed by atoms with Crippen LogP contribution < -0.4 is 10.2 Å². The van der Waals surface area contributed by atoms with Crippen LogP contribution in [0.5, 0.6) is 0 Å². The van der Waals surface area contributed by atoms with E-state index in [2.05, 4.69) is 75.4 Å². The molecule has 4 rings (SSSR count). The maximum atomic E-state index is 5.78. The van der Waals surface area contributed by atoms with E-state index < -0.39 is 0 Å². The molecule has 1 aromatic carbocycles. The maximum absolute atomic E-state index is 5.78. The maximum Gasteiger partial charge on any atom is 0.174 e. The van der Waals surface area contributed by atoms with Crippen molar-refractivity contribution in [2.75, 3.05) is 18.6 Å². The summed E-state index contributed by atoms with van der Waals surface area (Å²) < 4.78 is 7.54. The van der Waals surface area contributed by atoms with Gasteiger partial charge in [0, 0.05) is 37.4 Å². The lowest BCUT2D eigenvalue weighted by atomic mass is 10.0. The zero-order valence-corrected chi connectivity index (χ0v) is 16.9. The average Bonchev–Trinajstić information content (AvgIpc) is 3.30. The third kappa shape index (κ3) is 3.53. The molecule has 1 saturated heterocycles. The standard InChI is InChI=1S/C22H24N4OS/c1-16-7-5-8-17(15-16)26-21(19-10-6-12-25(19)13-14-27-2)20(24-22(26)28)18-9-3-4-11-23-18/h3-12,15,20-21H,13-14H2,1-2H3,(H,24,28)/t20-,21+/m0/s1. The van der Waals surface area contributed by atoms with Crippen LogP contribution >= 0.6 is 12.2 Å². The Balaban J connectivity index is 1.81. The SMILES string of the molecule is COCCn1cccc1[C@@H]1[C@H](c2ccccn2)NC(=S)N1c1cccc(C)c1. The zero-order valence-electron chi connectivity index (χ0n) is 16.1. The quantitative estimate of drug-likeness (QED) is 0.642. The number of aryl methyl sites for hydroxylation is 1. The van der Waals surface area contributed by atoms with Gasteiger partial charge in [-0.15, -0.1) is 0 Å². The van der Waals surface area contributed by atoms with E-state index in [0.717, 1.165) is 17.9 Å². The van der Waals surface area contributed by atoms with Crippen molar-refractivity contribution in [1.82, 2.24) is 14.9 Å². The van der Waals surface area contributed by atoms with Gasteiger partial charge < -0.3 is 19.5 Å². The number of methoxy groups -OCH3 is 1. The molecular weight excluding hydrogens is 368 g/mol. The predicted molar refractivity (Wildman–Crippen MR) is 115 cm³/mol. The van der Waals surface area contributed by atoms with E-state index in [4.69, 9.17) is 17.0 Å². The second-order valence-corrected chi connectivity index (χ2v) is 7.34. The first-order valence-corrected chi connectivity index (χ1v) is 9.81. The molecule has 0 saturated carbocycles. The topological polar surface area (TPSA) is 42.3 Å². The summed E-state index contributed by atoms with van der Waals surface area (Å²) in [5.74, 6) is 0. The van der Waals surface area contributed by atoms with Gasteiger partial charge in [-0.25, -0.2) is 0 Å². The summed E-state index contributed by atoms with van der Waals surface area (Å²) in [5, 5.41) is 4.22. The molecule has 144 valence electrons. The smallest absolute Gasteiger partial charge is 0.174 e. The van der Waals surface area contributed by atoms with Crippen LogP contribution in [0.15, 0.2) is 67.0 Å². The lowest BCUT2D eigenvalue weighted by Crippen LogP contribution is -2.30. The molecule has 3 aromatic rings. The Hall–Kier alpha value is -2.70. The molecule has 0 bridgehead atoms. The second kappa shape index (κ2) is 8.12. The minimum absolute atomic E-state index is 0.00365. The Morgan fingerprint density at radius 1 is 1.14 bits per heavy atom. The predicted octanol–water partition coefficient (Wildman–Crippen LogP) is 4.02. The summed E-state index contributed by atoms with van der Waals surface area (Å²) in [6, 6.07) is 18.7. The number of anilines is 1. The Labute approximate surface area is 171 Å². The van der Waals surface area contributed by atoms with Crippen molar-refractivity contribution in [1.29, 1.82) is 0 Å². The molecular formula is C22H24N4OS. The Morgan fingerprint density at radius 2 is 2.04 bits per heavy atom. The molecule has 0 unspecified atom stereocenters. The van der Waals surface area contributed by atoms with Crippen LogP contribution in [0.3, 0.4) is 0 Å². The average molecular weight is 393 g/mol. The number of nitrogens with zero attached hydrogens (tertiary/aromatic N) is 3. The highest BCUT2D eigenvalue weighted by Gasteiger charge is 2.41. The summed E-state index contributed by atoms with van der Waals surface area (Å²) >= 11 is 5.78. The largest absolute Gasteiger partial charge is 0.383 e. The van der Waals surface area contributed by atoms with Gasteiger partial charge in [-0.3, -0.25) is 4.98 Å². The van der Waals surface area contributed by atoms with Gasteiger partial charge in [0.05, 0.1) is 18.3 Å². The number of benzene rings is 1. The minimum atomic E-state index is -0.0367. The molecule has 1 N–H and O–H groups in total. The fourth-order valence-corrected chi connectivity index (χ4v) is 4.15. The second-order valence-electron chi connectivity index (χ2n) is 6.95. The van der Waals surface area contributed by atoms with Gasteiger partial charge in [0.2, 0.25) is 0 Å². The molecule has 28 heavy (non-hydrogen) atoms. The number of ether oxygens (including phenoxy) is 1. The molecule has 1 aliphatic rings. The normalized spacial score (nSPS) is 19.1. The van der Waals surface area contributed by atoms with Crippen molar-refractivity contribution in [3.63, 3.8) is 0 Å². The summed E-state index contributed by atoms with van der Waals surface area (Å²) in [6.07, 6.45) is 3.93. The van der Waals surface area contributed by atoms with Crippen LogP contribution in [0.4, 0.5) is 5.69 Å². The van der Waals surface area contributed by atoms with Crippen molar-refractivity contribution in [2.24, 2.45) is 0 Å². The molecule has 0 aliphatic carbocycles. The highest BCUT2D eigenvalue weighted by Crippen LogP contribution is 2.41. The molecule has 0 amide bonds. The van der Waals surface area contributed by atoms with Gasteiger partial charge in [0.1, 0.15) is 6.04 Å². The van der Waals surface area contributed by atoms with E-state index in [9.17, 15) is 0 Å². The van der Waals surface area contributed by atoms with E-state index in [-0.39, 0.29) is 12.1 Å². The lowest BCUT2D eigenvalue weighted by molar-refractivity contribution is 0.186. The van der Waals surface area contributed by atoms with Gasteiger partial charge in [0.25, 0.3) is 0 Å². The number of rotatable bonds is 6. The van der Waals surface area contributed by atoms with E-state index in [1.54, 1.807) is 7.11 Å². The van der Waals surface area contributed by atoms with Crippen LogP contribution in [0.25, 0.3) is 0 Å². The fraction of sp³-hybridized carbons (Fsp3) is 0.273. The minimum Gasteiger partial charge on any atom is -0.383 e. The first-order chi connectivity index (χ1) is 13.7. The van der Waals surface area contributed by atoms with Crippen molar-refractivity contribution in [3.8, 4) is 0 Å². The number of thiocarbonyl (C=S) groups is 1. The van der Waals surface area contributed by atoms with Crippen molar-refractivity contribution < 1.29 is 4.74 Å². The number of hydrogen-bond donors (Lipinski definition) is 1. The lowest BCUT2D eigenvalue weighted by Gasteiger charge is -2.29. The van der Waals surface area contributed by atoms with Crippen LogP contribution in [0, 0.1) is 6.92 Å². The molecule has 6 heteroatoms. The number of hydrogen-bond acceptors (Lipinski definition) is 3. The Morgan fingerprint density at radius 3 is 2.79 bits per heavy atom. The number of aromatic nitrogens is 2.